The van der Waals surface area contributed by atoms with Gasteiger partial charge in [0, 0.05) is 18.0 Å². The molecule has 1 aliphatic rings. The van der Waals surface area contributed by atoms with Crippen molar-refractivity contribution < 1.29 is 9.53 Å². The van der Waals surface area contributed by atoms with E-state index in [-0.39, 0.29) is 5.91 Å². The number of nitrogens with one attached hydrogen (secondary N) is 1. The third kappa shape index (κ3) is 2.47. The van der Waals surface area contributed by atoms with Crippen LogP contribution in [0.5, 0.6) is 5.75 Å². The molecule has 0 saturated carbocycles. The lowest BCUT2D eigenvalue weighted by Crippen LogP contribution is -2.12. The zero-order valence-electron chi connectivity index (χ0n) is 8.96. The van der Waals surface area contributed by atoms with Gasteiger partial charge in [0.05, 0.1) is 6.61 Å². The van der Waals surface area contributed by atoms with Crippen LogP contribution in [-0.2, 0) is 6.54 Å². The van der Waals surface area contributed by atoms with Crippen molar-refractivity contribution >= 4 is 17.5 Å². The molecule has 1 N–H and O–H groups in total. The van der Waals surface area contributed by atoms with Crippen LogP contribution in [0.15, 0.2) is 18.2 Å². The Morgan fingerprint density at radius 1 is 1.38 bits per heavy atom. The highest BCUT2D eigenvalue weighted by Crippen LogP contribution is 2.21. The molecule has 0 fully saturated rings. The SMILES string of the molecule is O=C1NCc2ccc(OCCCCCl)cc21. The number of unbranched alkanes of at least 4 members (excludes halogenated alkanes) is 1. The summed E-state index contributed by atoms with van der Waals surface area (Å²) in [4.78, 5) is 11.4. The van der Waals surface area contributed by atoms with Crippen molar-refractivity contribution in [1.29, 1.82) is 0 Å². The Hall–Kier alpha value is -1.22. The molecule has 86 valence electrons. The fourth-order valence-electron chi connectivity index (χ4n) is 1.67. The van der Waals surface area contributed by atoms with Gasteiger partial charge in [0.15, 0.2) is 0 Å². The average Bonchev–Trinajstić information content (AvgIpc) is 2.67. The number of rotatable bonds is 5. The Morgan fingerprint density at radius 2 is 2.25 bits per heavy atom. The summed E-state index contributed by atoms with van der Waals surface area (Å²) in [5, 5.41) is 2.78. The number of benzene rings is 1. The molecular formula is C12H14ClNO2. The van der Waals surface area contributed by atoms with Crippen molar-refractivity contribution in [1.82, 2.24) is 5.32 Å². The molecule has 1 aromatic rings. The topological polar surface area (TPSA) is 38.3 Å². The third-order valence-corrected chi connectivity index (χ3v) is 2.83. The minimum atomic E-state index is -0.0128. The fourth-order valence-corrected chi connectivity index (χ4v) is 1.86. The van der Waals surface area contributed by atoms with Gasteiger partial charge in [-0.3, -0.25) is 4.79 Å². The molecule has 16 heavy (non-hydrogen) atoms. The number of fused-ring (bicyclic) bond motifs is 1. The van der Waals surface area contributed by atoms with Crippen LogP contribution in [0.25, 0.3) is 0 Å². The smallest absolute Gasteiger partial charge is 0.252 e. The molecule has 0 unspecified atom stereocenters. The van der Waals surface area contributed by atoms with Gasteiger partial charge in [-0.1, -0.05) is 6.07 Å². The fraction of sp³-hybridized carbons (Fsp3) is 0.417. The standard InChI is InChI=1S/C12H14ClNO2/c13-5-1-2-6-16-10-4-3-9-8-14-12(15)11(9)7-10/h3-4,7H,1-2,5-6,8H2,(H,14,15). The molecule has 1 aliphatic heterocycles. The van der Waals surface area contributed by atoms with Crippen molar-refractivity contribution in [3.63, 3.8) is 0 Å². The Bertz CT molecular complexity index is 393. The lowest BCUT2D eigenvalue weighted by molar-refractivity contribution is 0.0965. The minimum absolute atomic E-state index is 0.0128. The first-order valence-electron chi connectivity index (χ1n) is 5.41. The van der Waals surface area contributed by atoms with E-state index in [0.29, 0.717) is 19.0 Å². The zero-order valence-corrected chi connectivity index (χ0v) is 9.72. The lowest BCUT2D eigenvalue weighted by atomic mass is 10.1. The van der Waals surface area contributed by atoms with Gasteiger partial charge < -0.3 is 10.1 Å². The van der Waals surface area contributed by atoms with Crippen molar-refractivity contribution in [3.05, 3.63) is 29.3 Å². The predicted molar refractivity (Wildman–Crippen MR) is 63.1 cm³/mol. The zero-order chi connectivity index (χ0) is 11.4. The largest absolute Gasteiger partial charge is 0.494 e. The maximum Gasteiger partial charge on any atom is 0.252 e. The van der Waals surface area contributed by atoms with Crippen molar-refractivity contribution in [2.75, 3.05) is 12.5 Å². The normalized spacial score (nSPS) is 13.4. The highest BCUT2D eigenvalue weighted by molar-refractivity contribution is 6.17. The van der Waals surface area contributed by atoms with Gasteiger partial charge in [-0.15, -0.1) is 11.6 Å². The van der Waals surface area contributed by atoms with E-state index in [1.54, 1.807) is 6.07 Å². The Kier molecular flexibility index (Phi) is 3.67. The van der Waals surface area contributed by atoms with Gasteiger partial charge in [0.25, 0.3) is 5.91 Å². The molecule has 0 aliphatic carbocycles. The molecule has 2 rings (SSSR count). The van der Waals surface area contributed by atoms with E-state index < -0.39 is 0 Å². The summed E-state index contributed by atoms with van der Waals surface area (Å²) in [7, 11) is 0. The Morgan fingerprint density at radius 3 is 3.06 bits per heavy atom. The van der Waals surface area contributed by atoms with E-state index in [0.717, 1.165) is 29.7 Å². The molecule has 0 radical (unpaired) electrons. The molecule has 1 aromatic carbocycles. The summed E-state index contributed by atoms with van der Waals surface area (Å²) in [6.07, 6.45) is 1.89. The highest BCUT2D eigenvalue weighted by Gasteiger charge is 2.18. The molecule has 3 nitrogen and oxygen atoms in total. The second-order valence-corrected chi connectivity index (χ2v) is 4.12. The number of carbonyl (C=O) groups is 1. The van der Waals surface area contributed by atoms with Crippen molar-refractivity contribution in [2.24, 2.45) is 0 Å². The number of carbonyl (C=O) groups excluding carboxylic acids is 1. The van der Waals surface area contributed by atoms with Crippen LogP contribution in [-0.4, -0.2) is 18.4 Å². The molecule has 1 amide bonds. The number of alkyl halides is 1. The second-order valence-electron chi connectivity index (χ2n) is 3.75. The van der Waals surface area contributed by atoms with Gasteiger partial charge in [0.1, 0.15) is 5.75 Å². The van der Waals surface area contributed by atoms with Crippen LogP contribution in [0, 0.1) is 0 Å². The van der Waals surface area contributed by atoms with Crippen LogP contribution < -0.4 is 10.1 Å². The number of hydrogen-bond donors (Lipinski definition) is 1. The van der Waals surface area contributed by atoms with E-state index in [1.165, 1.54) is 0 Å². The van der Waals surface area contributed by atoms with Crippen LogP contribution in [0.2, 0.25) is 0 Å². The number of halogens is 1. The van der Waals surface area contributed by atoms with Gasteiger partial charge in [0.2, 0.25) is 0 Å². The predicted octanol–water partition coefficient (Wildman–Crippen LogP) is 2.33. The maximum atomic E-state index is 11.4. The van der Waals surface area contributed by atoms with Crippen LogP contribution >= 0.6 is 11.6 Å². The number of hydrogen-bond acceptors (Lipinski definition) is 2. The molecule has 0 spiro atoms. The van der Waals surface area contributed by atoms with Crippen molar-refractivity contribution in [3.8, 4) is 5.75 Å². The van der Waals surface area contributed by atoms with E-state index in [4.69, 9.17) is 16.3 Å². The highest BCUT2D eigenvalue weighted by atomic mass is 35.5. The maximum absolute atomic E-state index is 11.4. The van der Waals surface area contributed by atoms with Crippen molar-refractivity contribution in [2.45, 2.75) is 19.4 Å². The molecule has 0 atom stereocenters. The summed E-state index contributed by atoms with van der Waals surface area (Å²) < 4.78 is 5.54. The Balaban J connectivity index is 1.96. The van der Waals surface area contributed by atoms with Gasteiger partial charge in [-0.05, 0) is 30.5 Å². The summed E-state index contributed by atoms with van der Waals surface area (Å²) in [5.41, 5.74) is 1.77. The molecular weight excluding hydrogens is 226 g/mol. The summed E-state index contributed by atoms with van der Waals surface area (Å²) in [6.45, 7) is 1.27. The number of amides is 1. The minimum Gasteiger partial charge on any atom is -0.494 e. The Labute approximate surface area is 99.7 Å². The van der Waals surface area contributed by atoms with Crippen LogP contribution in [0.1, 0.15) is 28.8 Å². The first-order valence-corrected chi connectivity index (χ1v) is 5.94. The number of ether oxygens (including phenoxy) is 1. The monoisotopic (exact) mass is 239 g/mol. The quantitative estimate of drug-likeness (QED) is 0.633. The summed E-state index contributed by atoms with van der Waals surface area (Å²) in [6, 6.07) is 5.64. The van der Waals surface area contributed by atoms with Gasteiger partial charge in [-0.2, -0.15) is 0 Å². The van der Waals surface area contributed by atoms with Crippen LogP contribution in [0.4, 0.5) is 0 Å². The van der Waals surface area contributed by atoms with E-state index in [9.17, 15) is 4.79 Å². The van der Waals surface area contributed by atoms with E-state index in [1.807, 2.05) is 12.1 Å². The molecule has 4 heteroatoms. The van der Waals surface area contributed by atoms with Crippen LogP contribution in [0.3, 0.4) is 0 Å². The molecule has 1 heterocycles. The van der Waals surface area contributed by atoms with Gasteiger partial charge >= 0.3 is 0 Å². The first-order chi connectivity index (χ1) is 7.81. The third-order valence-electron chi connectivity index (χ3n) is 2.56. The molecule has 0 bridgehead atoms. The average molecular weight is 240 g/mol. The molecule has 0 saturated heterocycles. The molecule has 0 aromatic heterocycles. The van der Waals surface area contributed by atoms with Gasteiger partial charge in [-0.25, -0.2) is 0 Å². The van der Waals surface area contributed by atoms with E-state index >= 15 is 0 Å². The summed E-state index contributed by atoms with van der Waals surface area (Å²) >= 11 is 5.57. The second kappa shape index (κ2) is 5.21. The lowest BCUT2D eigenvalue weighted by Gasteiger charge is -2.06. The first kappa shape index (κ1) is 11.3. The summed E-state index contributed by atoms with van der Waals surface area (Å²) in [5.74, 6) is 1.40. The van der Waals surface area contributed by atoms with E-state index in [2.05, 4.69) is 5.32 Å².